The molecule has 0 unspecified atom stereocenters. The number of carbonyl (C=O) groups excluding carboxylic acids is 1. The van der Waals surface area contributed by atoms with E-state index in [0.29, 0.717) is 24.8 Å². The zero-order valence-corrected chi connectivity index (χ0v) is 13.8. The highest BCUT2D eigenvalue weighted by Gasteiger charge is 2.35. The molecule has 0 bridgehead atoms. The van der Waals surface area contributed by atoms with Crippen molar-refractivity contribution in [2.45, 2.75) is 12.8 Å². The van der Waals surface area contributed by atoms with Crippen LogP contribution in [0.2, 0.25) is 0 Å². The molecule has 0 atom stereocenters. The minimum Gasteiger partial charge on any atom is -0.339 e. The summed E-state index contributed by atoms with van der Waals surface area (Å²) in [4.78, 5) is 18.4. The standard InChI is InChI=1S/C19H18N4O2/c1-13-6-5-9-16(10-13)20-19(24)23-11-15(12-23)18-21-17(22-25-18)14-7-3-2-4-8-14/h2-10,15H,11-12H2,1H3,(H,20,24). The molecule has 0 radical (unpaired) electrons. The number of nitrogens with one attached hydrogen (secondary N) is 1. The normalized spacial score (nSPS) is 14.2. The molecule has 1 aliphatic heterocycles. The Morgan fingerprint density at radius 2 is 1.96 bits per heavy atom. The summed E-state index contributed by atoms with van der Waals surface area (Å²) in [6.45, 7) is 3.15. The van der Waals surface area contributed by atoms with E-state index in [1.807, 2.05) is 61.5 Å². The molecular weight excluding hydrogens is 316 g/mol. The Bertz CT molecular complexity index is 885. The fourth-order valence-corrected chi connectivity index (χ4v) is 2.83. The topological polar surface area (TPSA) is 71.3 Å². The van der Waals surface area contributed by atoms with Gasteiger partial charge in [0.1, 0.15) is 0 Å². The Morgan fingerprint density at radius 3 is 2.72 bits per heavy atom. The molecule has 3 aromatic rings. The van der Waals surface area contributed by atoms with Crippen molar-refractivity contribution in [1.29, 1.82) is 0 Å². The predicted molar refractivity (Wildman–Crippen MR) is 94.2 cm³/mol. The van der Waals surface area contributed by atoms with Crippen molar-refractivity contribution in [1.82, 2.24) is 15.0 Å². The summed E-state index contributed by atoms with van der Waals surface area (Å²) in [5, 5.41) is 6.94. The monoisotopic (exact) mass is 334 g/mol. The number of benzene rings is 2. The maximum atomic E-state index is 12.3. The number of anilines is 1. The number of amides is 2. The lowest BCUT2D eigenvalue weighted by Crippen LogP contribution is -2.50. The quantitative estimate of drug-likeness (QED) is 0.793. The lowest BCUT2D eigenvalue weighted by molar-refractivity contribution is 0.147. The van der Waals surface area contributed by atoms with Crippen molar-refractivity contribution >= 4 is 11.7 Å². The Hall–Kier alpha value is -3.15. The first kappa shape index (κ1) is 15.4. The molecule has 1 N–H and O–H groups in total. The molecular formula is C19H18N4O2. The Morgan fingerprint density at radius 1 is 1.16 bits per heavy atom. The van der Waals surface area contributed by atoms with Crippen molar-refractivity contribution in [2.75, 3.05) is 18.4 Å². The summed E-state index contributed by atoms with van der Waals surface area (Å²) in [6.07, 6.45) is 0. The highest BCUT2D eigenvalue weighted by molar-refractivity contribution is 5.90. The van der Waals surface area contributed by atoms with Crippen LogP contribution >= 0.6 is 0 Å². The summed E-state index contributed by atoms with van der Waals surface area (Å²) in [6, 6.07) is 17.3. The average molecular weight is 334 g/mol. The molecule has 2 aromatic carbocycles. The van der Waals surface area contributed by atoms with E-state index in [2.05, 4.69) is 15.5 Å². The summed E-state index contributed by atoms with van der Waals surface area (Å²) < 4.78 is 5.37. The van der Waals surface area contributed by atoms with Gasteiger partial charge in [-0.2, -0.15) is 4.98 Å². The molecule has 1 aromatic heterocycles. The van der Waals surface area contributed by atoms with E-state index in [4.69, 9.17) is 4.52 Å². The summed E-state index contributed by atoms with van der Waals surface area (Å²) in [5.74, 6) is 1.25. The van der Waals surface area contributed by atoms with E-state index in [1.165, 1.54) is 0 Å². The van der Waals surface area contributed by atoms with Crippen LogP contribution < -0.4 is 5.32 Å². The second-order valence-corrected chi connectivity index (χ2v) is 6.22. The molecule has 0 aliphatic carbocycles. The van der Waals surface area contributed by atoms with Gasteiger partial charge < -0.3 is 14.7 Å². The van der Waals surface area contributed by atoms with Gasteiger partial charge in [0, 0.05) is 24.3 Å². The third-order valence-corrected chi connectivity index (χ3v) is 4.26. The highest BCUT2D eigenvalue weighted by Crippen LogP contribution is 2.28. The van der Waals surface area contributed by atoms with Crippen LogP contribution in [0.4, 0.5) is 10.5 Å². The lowest BCUT2D eigenvalue weighted by Gasteiger charge is -2.36. The van der Waals surface area contributed by atoms with Gasteiger partial charge >= 0.3 is 6.03 Å². The molecule has 126 valence electrons. The SMILES string of the molecule is Cc1cccc(NC(=O)N2CC(c3nc(-c4ccccc4)no3)C2)c1. The molecule has 6 heteroatoms. The van der Waals surface area contributed by atoms with Gasteiger partial charge in [-0.3, -0.25) is 0 Å². The third-order valence-electron chi connectivity index (χ3n) is 4.26. The summed E-state index contributed by atoms with van der Waals surface area (Å²) in [5.41, 5.74) is 2.84. The molecule has 0 saturated carbocycles. The molecule has 1 saturated heterocycles. The maximum Gasteiger partial charge on any atom is 0.321 e. The van der Waals surface area contributed by atoms with Gasteiger partial charge in [0.2, 0.25) is 11.7 Å². The zero-order valence-electron chi connectivity index (χ0n) is 13.8. The van der Waals surface area contributed by atoms with Crippen LogP contribution in [-0.4, -0.2) is 34.2 Å². The zero-order chi connectivity index (χ0) is 17.2. The van der Waals surface area contributed by atoms with Gasteiger partial charge in [-0.1, -0.05) is 47.6 Å². The first-order valence-electron chi connectivity index (χ1n) is 8.20. The first-order chi connectivity index (χ1) is 12.2. The minimum atomic E-state index is -0.107. The lowest BCUT2D eigenvalue weighted by atomic mass is 10.0. The van der Waals surface area contributed by atoms with E-state index in [1.54, 1.807) is 4.90 Å². The second kappa shape index (κ2) is 6.39. The highest BCUT2D eigenvalue weighted by atomic mass is 16.5. The molecule has 1 aliphatic rings. The summed E-state index contributed by atoms with van der Waals surface area (Å²) >= 11 is 0. The van der Waals surface area contributed by atoms with Crippen molar-refractivity contribution in [3.05, 3.63) is 66.1 Å². The van der Waals surface area contributed by atoms with Crippen LogP contribution in [-0.2, 0) is 0 Å². The van der Waals surface area contributed by atoms with E-state index >= 15 is 0 Å². The fraction of sp³-hybridized carbons (Fsp3) is 0.211. The molecule has 25 heavy (non-hydrogen) atoms. The van der Waals surface area contributed by atoms with Gasteiger partial charge in [-0.15, -0.1) is 0 Å². The Balaban J connectivity index is 1.36. The van der Waals surface area contributed by atoms with E-state index < -0.39 is 0 Å². The Labute approximate surface area is 145 Å². The number of nitrogens with zero attached hydrogens (tertiary/aromatic N) is 3. The smallest absolute Gasteiger partial charge is 0.321 e. The molecule has 6 nitrogen and oxygen atoms in total. The van der Waals surface area contributed by atoms with Crippen LogP contribution in [0.25, 0.3) is 11.4 Å². The fourth-order valence-electron chi connectivity index (χ4n) is 2.83. The number of rotatable bonds is 3. The van der Waals surface area contributed by atoms with Crippen LogP contribution in [0.3, 0.4) is 0 Å². The summed E-state index contributed by atoms with van der Waals surface area (Å²) in [7, 11) is 0. The Kier molecular flexibility index (Phi) is 3.93. The number of likely N-dealkylation sites (tertiary alicyclic amines) is 1. The van der Waals surface area contributed by atoms with E-state index in [-0.39, 0.29) is 11.9 Å². The van der Waals surface area contributed by atoms with E-state index in [9.17, 15) is 4.79 Å². The molecule has 2 amide bonds. The van der Waals surface area contributed by atoms with Crippen LogP contribution in [0.15, 0.2) is 59.1 Å². The average Bonchev–Trinajstić information content (AvgIpc) is 3.04. The van der Waals surface area contributed by atoms with Crippen molar-refractivity contribution in [2.24, 2.45) is 0 Å². The number of urea groups is 1. The van der Waals surface area contributed by atoms with Crippen LogP contribution in [0, 0.1) is 6.92 Å². The number of hydrogen-bond donors (Lipinski definition) is 1. The molecule has 4 rings (SSSR count). The van der Waals surface area contributed by atoms with Crippen molar-refractivity contribution < 1.29 is 9.32 Å². The number of aryl methyl sites for hydroxylation is 1. The second-order valence-electron chi connectivity index (χ2n) is 6.22. The van der Waals surface area contributed by atoms with Gasteiger partial charge in [-0.05, 0) is 24.6 Å². The predicted octanol–water partition coefficient (Wildman–Crippen LogP) is 3.68. The maximum absolute atomic E-state index is 12.3. The van der Waals surface area contributed by atoms with Gasteiger partial charge in [0.05, 0.1) is 5.92 Å². The first-order valence-corrected chi connectivity index (χ1v) is 8.20. The molecule has 1 fully saturated rings. The van der Waals surface area contributed by atoms with Gasteiger partial charge in [0.15, 0.2) is 0 Å². The largest absolute Gasteiger partial charge is 0.339 e. The third kappa shape index (κ3) is 3.24. The number of carbonyl (C=O) groups is 1. The van der Waals surface area contributed by atoms with Crippen molar-refractivity contribution in [3.63, 3.8) is 0 Å². The van der Waals surface area contributed by atoms with Crippen LogP contribution in [0.1, 0.15) is 17.4 Å². The van der Waals surface area contributed by atoms with E-state index in [0.717, 1.165) is 16.8 Å². The number of aromatic nitrogens is 2. The van der Waals surface area contributed by atoms with Crippen LogP contribution in [0.5, 0.6) is 0 Å². The number of hydrogen-bond acceptors (Lipinski definition) is 4. The van der Waals surface area contributed by atoms with Gasteiger partial charge in [0.25, 0.3) is 0 Å². The molecule has 0 spiro atoms. The minimum absolute atomic E-state index is 0.0909. The molecule has 2 heterocycles. The van der Waals surface area contributed by atoms with Crippen molar-refractivity contribution in [3.8, 4) is 11.4 Å². The van der Waals surface area contributed by atoms with Gasteiger partial charge in [-0.25, -0.2) is 4.79 Å².